The van der Waals surface area contributed by atoms with E-state index in [1.165, 1.54) is 12.1 Å². The van der Waals surface area contributed by atoms with Crippen molar-refractivity contribution < 1.29 is 23.4 Å². The second kappa shape index (κ2) is 5.09. The minimum absolute atomic E-state index is 0.0258. The molecule has 19 heavy (non-hydrogen) atoms. The molecule has 0 radical (unpaired) electrons. The molecule has 2 rings (SSSR count). The zero-order chi connectivity index (χ0) is 14.0. The maximum atomic E-state index is 13.2. The highest BCUT2D eigenvalue weighted by molar-refractivity contribution is 5.88. The summed E-state index contributed by atoms with van der Waals surface area (Å²) in [5.74, 6) is -1.85. The van der Waals surface area contributed by atoms with Crippen molar-refractivity contribution in [2.75, 3.05) is 6.61 Å². The van der Waals surface area contributed by atoms with Crippen LogP contribution in [0.15, 0.2) is 22.6 Å². The standard InChI is InChI=1S/C13H12FNO4/c1-3-18-13-10(12(16)17)15-11(19-13)9-6-8(14)5-4-7(9)2/h4-6H,3H2,1-2H3,(H,16,17). The van der Waals surface area contributed by atoms with Gasteiger partial charge in [0.15, 0.2) is 0 Å². The first-order chi connectivity index (χ1) is 9.02. The number of ether oxygens (including phenoxy) is 1. The third-order valence-corrected chi connectivity index (χ3v) is 2.50. The molecule has 0 bridgehead atoms. The summed E-state index contributed by atoms with van der Waals surface area (Å²) >= 11 is 0. The smallest absolute Gasteiger partial charge is 0.362 e. The van der Waals surface area contributed by atoms with Crippen LogP contribution in [-0.4, -0.2) is 22.7 Å². The van der Waals surface area contributed by atoms with Crippen molar-refractivity contribution >= 4 is 5.97 Å². The first-order valence-corrected chi connectivity index (χ1v) is 5.66. The van der Waals surface area contributed by atoms with Gasteiger partial charge in [0, 0.05) is 5.56 Å². The molecule has 0 fully saturated rings. The van der Waals surface area contributed by atoms with Gasteiger partial charge in [0.2, 0.25) is 11.6 Å². The molecule has 1 heterocycles. The van der Waals surface area contributed by atoms with Crippen LogP contribution in [0.3, 0.4) is 0 Å². The van der Waals surface area contributed by atoms with Crippen LogP contribution in [0.4, 0.5) is 4.39 Å². The third kappa shape index (κ3) is 2.57. The first kappa shape index (κ1) is 13.1. The zero-order valence-corrected chi connectivity index (χ0v) is 10.4. The highest BCUT2D eigenvalue weighted by Gasteiger charge is 2.22. The molecule has 0 unspecified atom stereocenters. The van der Waals surface area contributed by atoms with Crippen LogP contribution in [0, 0.1) is 12.7 Å². The molecular formula is C13H12FNO4. The molecule has 0 atom stereocenters. The molecule has 100 valence electrons. The number of benzene rings is 1. The molecule has 5 nitrogen and oxygen atoms in total. The van der Waals surface area contributed by atoms with Gasteiger partial charge in [0.05, 0.1) is 6.61 Å². The second-order valence-corrected chi connectivity index (χ2v) is 3.85. The summed E-state index contributed by atoms with van der Waals surface area (Å²) < 4.78 is 23.6. The normalized spacial score (nSPS) is 10.5. The molecule has 6 heteroatoms. The molecule has 2 aromatic rings. The number of carbonyl (C=O) groups is 1. The highest BCUT2D eigenvalue weighted by atomic mass is 19.1. The summed E-state index contributed by atoms with van der Waals surface area (Å²) in [6.07, 6.45) is 0. The number of carboxylic acid groups (broad SMARTS) is 1. The summed E-state index contributed by atoms with van der Waals surface area (Å²) in [5.41, 5.74) is 0.802. The van der Waals surface area contributed by atoms with E-state index in [-0.39, 0.29) is 24.1 Å². The van der Waals surface area contributed by atoms with E-state index in [4.69, 9.17) is 14.3 Å². The Hall–Kier alpha value is -2.37. The van der Waals surface area contributed by atoms with E-state index in [0.717, 1.165) is 5.56 Å². The number of aromatic nitrogens is 1. The topological polar surface area (TPSA) is 72.6 Å². The van der Waals surface area contributed by atoms with Crippen LogP contribution in [-0.2, 0) is 0 Å². The largest absolute Gasteiger partial charge is 0.476 e. The number of halogens is 1. The van der Waals surface area contributed by atoms with Gasteiger partial charge >= 0.3 is 11.9 Å². The molecule has 0 aliphatic rings. The molecule has 0 amide bonds. The van der Waals surface area contributed by atoms with E-state index < -0.39 is 11.8 Å². The van der Waals surface area contributed by atoms with Crippen LogP contribution < -0.4 is 4.74 Å². The summed E-state index contributed by atoms with van der Waals surface area (Å²) in [6.45, 7) is 3.69. The Morgan fingerprint density at radius 1 is 1.53 bits per heavy atom. The molecule has 0 aliphatic heterocycles. The summed E-state index contributed by atoms with van der Waals surface area (Å²) in [5, 5.41) is 9.00. The highest BCUT2D eigenvalue weighted by Crippen LogP contribution is 2.29. The lowest BCUT2D eigenvalue weighted by atomic mass is 10.1. The molecule has 1 aromatic heterocycles. The zero-order valence-electron chi connectivity index (χ0n) is 10.4. The van der Waals surface area contributed by atoms with Crippen molar-refractivity contribution in [3.63, 3.8) is 0 Å². The Labute approximate surface area is 108 Å². The minimum atomic E-state index is -1.26. The monoisotopic (exact) mass is 265 g/mol. The maximum Gasteiger partial charge on any atom is 0.362 e. The van der Waals surface area contributed by atoms with Crippen molar-refractivity contribution in [2.24, 2.45) is 0 Å². The number of oxazole rings is 1. The Kier molecular flexibility index (Phi) is 3.50. The average Bonchev–Trinajstić information content (AvgIpc) is 2.77. The van der Waals surface area contributed by atoms with Crippen molar-refractivity contribution in [1.29, 1.82) is 0 Å². The van der Waals surface area contributed by atoms with E-state index >= 15 is 0 Å². The molecule has 0 saturated carbocycles. The molecular weight excluding hydrogens is 253 g/mol. The number of carboxylic acids is 1. The molecule has 1 N–H and O–H groups in total. The van der Waals surface area contributed by atoms with Crippen LogP contribution >= 0.6 is 0 Å². The van der Waals surface area contributed by atoms with Gasteiger partial charge < -0.3 is 14.3 Å². The van der Waals surface area contributed by atoms with Gasteiger partial charge in [-0.1, -0.05) is 6.07 Å². The lowest BCUT2D eigenvalue weighted by Crippen LogP contribution is -2.01. The summed E-state index contributed by atoms with van der Waals surface area (Å²) in [7, 11) is 0. The van der Waals surface area contributed by atoms with Crippen LogP contribution in [0.2, 0.25) is 0 Å². The number of aromatic carboxylic acids is 1. The fraction of sp³-hybridized carbons (Fsp3) is 0.231. The Balaban J connectivity index is 2.53. The van der Waals surface area contributed by atoms with Gasteiger partial charge in [-0.05, 0) is 31.5 Å². The number of hydrogen-bond donors (Lipinski definition) is 1. The number of nitrogens with zero attached hydrogens (tertiary/aromatic N) is 1. The van der Waals surface area contributed by atoms with Crippen molar-refractivity contribution in [3.8, 4) is 17.4 Å². The van der Waals surface area contributed by atoms with Gasteiger partial charge in [-0.2, -0.15) is 4.98 Å². The summed E-state index contributed by atoms with van der Waals surface area (Å²) in [4.78, 5) is 14.9. The van der Waals surface area contributed by atoms with Gasteiger partial charge in [-0.15, -0.1) is 0 Å². The number of aryl methyl sites for hydroxylation is 1. The number of hydrogen-bond acceptors (Lipinski definition) is 4. The number of rotatable bonds is 4. The van der Waals surface area contributed by atoms with Gasteiger partial charge in [-0.3, -0.25) is 0 Å². The van der Waals surface area contributed by atoms with E-state index in [2.05, 4.69) is 4.98 Å². The van der Waals surface area contributed by atoms with Crippen LogP contribution in [0.1, 0.15) is 23.0 Å². The van der Waals surface area contributed by atoms with Gasteiger partial charge in [0.25, 0.3) is 0 Å². The quantitative estimate of drug-likeness (QED) is 0.920. The van der Waals surface area contributed by atoms with Crippen LogP contribution in [0.5, 0.6) is 5.95 Å². The Morgan fingerprint density at radius 3 is 2.89 bits per heavy atom. The maximum absolute atomic E-state index is 13.2. The van der Waals surface area contributed by atoms with Gasteiger partial charge in [-0.25, -0.2) is 9.18 Å². The van der Waals surface area contributed by atoms with Crippen molar-refractivity contribution in [1.82, 2.24) is 4.98 Å². The Bertz CT molecular complexity index is 621. The Morgan fingerprint density at radius 2 is 2.26 bits per heavy atom. The molecule has 0 aliphatic carbocycles. The average molecular weight is 265 g/mol. The first-order valence-electron chi connectivity index (χ1n) is 5.66. The van der Waals surface area contributed by atoms with E-state index in [1.807, 2.05) is 0 Å². The molecule has 0 spiro atoms. The van der Waals surface area contributed by atoms with Gasteiger partial charge in [0.1, 0.15) is 5.82 Å². The minimum Gasteiger partial charge on any atom is -0.476 e. The van der Waals surface area contributed by atoms with E-state index in [1.54, 1.807) is 19.9 Å². The SMILES string of the molecule is CCOc1oc(-c2cc(F)ccc2C)nc1C(=O)O. The van der Waals surface area contributed by atoms with Crippen molar-refractivity contribution in [3.05, 3.63) is 35.3 Å². The van der Waals surface area contributed by atoms with Crippen LogP contribution in [0.25, 0.3) is 11.5 Å². The predicted molar refractivity (Wildman–Crippen MR) is 64.8 cm³/mol. The third-order valence-electron chi connectivity index (χ3n) is 2.50. The fourth-order valence-corrected chi connectivity index (χ4v) is 1.61. The fourth-order valence-electron chi connectivity index (χ4n) is 1.61. The predicted octanol–water partition coefficient (Wildman–Crippen LogP) is 2.89. The summed E-state index contributed by atoms with van der Waals surface area (Å²) in [6, 6.07) is 4.11. The second-order valence-electron chi connectivity index (χ2n) is 3.85. The molecule has 1 aromatic carbocycles. The molecule has 0 saturated heterocycles. The lowest BCUT2D eigenvalue weighted by molar-refractivity contribution is 0.0683. The lowest BCUT2D eigenvalue weighted by Gasteiger charge is -2.01. The van der Waals surface area contributed by atoms with E-state index in [0.29, 0.717) is 5.56 Å². The van der Waals surface area contributed by atoms with E-state index in [9.17, 15) is 9.18 Å². The van der Waals surface area contributed by atoms with Crippen molar-refractivity contribution in [2.45, 2.75) is 13.8 Å².